The van der Waals surface area contributed by atoms with Crippen molar-refractivity contribution in [2.75, 3.05) is 20.8 Å². The maximum Gasteiger partial charge on any atom is 0.333 e. The van der Waals surface area contributed by atoms with Crippen molar-refractivity contribution in [2.24, 2.45) is 5.92 Å². The van der Waals surface area contributed by atoms with Gasteiger partial charge in [-0.15, -0.1) is 0 Å². The van der Waals surface area contributed by atoms with Crippen LogP contribution in [0, 0.1) is 5.92 Å². The molecule has 17 heavy (non-hydrogen) atoms. The van der Waals surface area contributed by atoms with Gasteiger partial charge in [0, 0.05) is 12.0 Å². The van der Waals surface area contributed by atoms with E-state index in [1.165, 1.54) is 6.92 Å². The minimum atomic E-state index is -1.08. The number of hydrogen-bond acceptors (Lipinski definition) is 6. The summed E-state index contributed by atoms with van der Waals surface area (Å²) in [5, 5.41) is 0. The molecular weight excluding hydrogens is 228 g/mol. The van der Waals surface area contributed by atoms with E-state index in [0.29, 0.717) is 0 Å². The molecule has 6 nitrogen and oxygen atoms in total. The molecule has 0 fully saturated rings. The van der Waals surface area contributed by atoms with Gasteiger partial charge >= 0.3 is 17.9 Å². The summed E-state index contributed by atoms with van der Waals surface area (Å²) in [6.07, 6.45) is 0.0123. The first kappa shape index (κ1) is 15.2. The van der Waals surface area contributed by atoms with Crippen LogP contribution in [0.15, 0.2) is 12.2 Å². The highest BCUT2D eigenvalue weighted by Crippen LogP contribution is 2.08. The third-order valence-corrected chi connectivity index (χ3v) is 1.96. The predicted octanol–water partition coefficient (Wildman–Crippen LogP) is 0.458. The first-order chi connectivity index (χ1) is 7.93. The zero-order chi connectivity index (χ0) is 13.4. The van der Waals surface area contributed by atoms with Gasteiger partial charge in [0.2, 0.25) is 0 Å². The summed E-state index contributed by atoms with van der Waals surface area (Å²) in [7, 11) is 2.33. The summed E-state index contributed by atoms with van der Waals surface area (Å²) in [5.41, 5.74) is 0.248. The van der Waals surface area contributed by atoms with Crippen LogP contribution < -0.4 is 0 Å². The van der Waals surface area contributed by atoms with Gasteiger partial charge < -0.3 is 14.2 Å². The van der Waals surface area contributed by atoms with Crippen molar-refractivity contribution < 1.29 is 28.6 Å². The molecule has 0 heterocycles. The molecule has 0 rings (SSSR count). The fraction of sp³-hybridized carbons (Fsp3) is 0.545. The van der Waals surface area contributed by atoms with Gasteiger partial charge in [0.15, 0.2) is 5.92 Å². The molecule has 0 amide bonds. The largest absolute Gasteiger partial charge is 0.468 e. The van der Waals surface area contributed by atoms with E-state index in [1.807, 2.05) is 0 Å². The molecule has 0 aromatic heterocycles. The average molecular weight is 244 g/mol. The fourth-order valence-corrected chi connectivity index (χ4v) is 1.01. The highest BCUT2D eigenvalue weighted by atomic mass is 16.5. The van der Waals surface area contributed by atoms with Gasteiger partial charge in [-0.3, -0.25) is 9.59 Å². The number of hydrogen-bond donors (Lipinski definition) is 0. The lowest BCUT2D eigenvalue weighted by Gasteiger charge is -2.12. The lowest BCUT2D eigenvalue weighted by molar-refractivity contribution is -0.160. The van der Waals surface area contributed by atoms with Crippen molar-refractivity contribution in [1.29, 1.82) is 0 Å². The molecule has 0 bridgehead atoms. The Morgan fingerprint density at radius 2 is 1.59 bits per heavy atom. The summed E-state index contributed by atoms with van der Waals surface area (Å²) < 4.78 is 13.7. The van der Waals surface area contributed by atoms with Crippen LogP contribution in [0.4, 0.5) is 0 Å². The molecule has 0 spiro atoms. The maximum absolute atomic E-state index is 11.2. The lowest BCUT2D eigenvalue weighted by atomic mass is 10.1. The summed E-state index contributed by atoms with van der Waals surface area (Å²) in [6, 6.07) is 0. The Morgan fingerprint density at radius 1 is 1.12 bits per heavy atom. The van der Waals surface area contributed by atoms with Crippen LogP contribution in [0.5, 0.6) is 0 Å². The standard InChI is InChI=1S/C11H16O6/c1-7(2)9(12)17-6-5-8(10(13)15-3)11(14)16-4/h8H,1,5-6H2,2-4H3. The topological polar surface area (TPSA) is 78.9 Å². The summed E-state index contributed by atoms with van der Waals surface area (Å²) in [4.78, 5) is 33.5. The van der Waals surface area contributed by atoms with E-state index in [4.69, 9.17) is 4.74 Å². The van der Waals surface area contributed by atoms with Crippen LogP contribution in [-0.2, 0) is 28.6 Å². The van der Waals surface area contributed by atoms with Crippen molar-refractivity contribution in [3.63, 3.8) is 0 Å². The molecule has 0 aliphatic carbocycles. The SMILES string of the molecule is C=C(C)C(=O)OCCC(C(=O)OC)C(=O)OC. The van der Waals surface area contributed by atoms with E-state index >= 15 is 0 Å². The van der Waals surface area contributed by atoms with Gasteiger partial charge in [-0.25, -0.2) is 4.79 Å². The minimum absolute atomic E-state index is 0.0123. The molecule has 0 unspecified atom stereocenters. The second kappa shape index (κ2) is 7.43. The van der Waals surface area contributed by atoms with E-state index in [1.54, 1.807) is 0 Å². The van der Waals surface area contributed by atoms with Crippen LogP contribution in [0.1, 0.15) is 13.3 Å². The second-order valence-electron chi connectivity index (χ2n) is 3.30. The quantitative estimate of drug-likeness (QED) is 0.292. The molecule has 0 aromatic rings. The Balaban J connectivity index is 4.27. The van der Waals surface area contributed by atoms with Gasteiger partial charge in [0.05, 0.1) is 20.8 Å². The van der Waals surface area contributed by atoms with Gasteiger partial charge in [-0.2, -0.15) is 0 Å². The number of ether oxygens (including phenoxy) is 3. The van der Waals surface area contributed by atoms with Crippen LogP contribution in [0.25, 0.3) is 0 Å². The van der Waals surface area contributed by atoms with E-state index in [0.717, 1.165) is 14.2 Å². The van der Waals surface area contributed by atoms with E-state index in [2.05, 4.69) is 16.1 Å². The van der Waals surface area contributed by atoms with E-state index in [-0.39, 0.29) is 18.6 Å². The molecule has 0 saturated carbocycles. The van der Waals surface area contributed by atoms with Gasteiger partial charge in [-0.05, 0) is 6.92 Å². The molecule has 0 N–H and O–H groups in total. The number of rotatable bonds is 6. The zero-order valence-electron chi connectivity index (χ0n) is 10.1. The van der Waals surface area contributed by atoms with Gasteiger partial charge in [0.1, 0.15) is 0 Å². The van der Waals surface area contributed by atoms with E-state index < -0.39 is 23.8 Å². The van der Waals surface area contributed by atoms with Crippen LogP contribution in [0.3, 0.4) is 0 Å². The molecule has 0 aromatic carbocycles. The van der Waals surface area contributed by atoms with Crippen molar-refractivity contribution >= 4 is 17.9 Å². The van der Waals surface area contributed by atoms with Crippen molar-refractivity contribution in [3.8, 4) is 0 Å². The molecule has 96 valence electrons. The number of esters is 3. The summed E-state index contributed by atoms with van der Waals surface area (Å²) >= 11 is 0. The maximum atomic E-state index is 11.2. The first-order valence-electron chi connectivity index (χ1n) is 4.92. The number of carbonyl (C=O) groups excluding carboxylic acids is 3. The predicted molar refractivity (Wildman–Crippen MR) is 57.9 cm³/mol. The fourth-order valence-electron chi connectivity index (χ4n) is 1.01. The molecular formula is C11H16O6. The normalized spacial score (nSPS) is 9.65. The summed E-state index contributed by atoms with van der Waals surface area (Å²) in [5.74, 6) is -3.09. The number of carbonyl (C=O) groups is 3. The molecule has 0 atom stereocenters. The third kappa shape index (κ3) is 5.14. The Hall–Kier alpha value is -1.85. The van der Waals surface area contributed by atoms with Crippen molar-refractivity contribution in [1.82, 2.24) is 0 Å². The highest BCUT2D eigenvalue weighted by Gasteiger charge is 2.28. The molecule has 0 saturated heterocycles. The Labute approximate surface area is 99.5 Å². The molecule has 0 aliphatic rings. The zero-order valence-corrected chi connectivity index (χ0v) is 10.1. The molecule has 0 radical (unpaired) electrons. The highest BCUT2D eigenvalue weighted by molar-refractivity contribution is 5.94. The van der Waals surface area contributed by atoms with Gasteiger partial charge in [-0.1, -0.05) is 6.58 Å². The number of methoxy groups -OCH3 is 2. The minimum Gasteiger partial charge on any atom is -0.468 e. The van der Waals surface area contributed by atoms with E-state index in [9.17, 15) is 14.4 Å². The van der Waals surface area contributed by atoms with Crippen LogP contribution >= 0.6 is 0 Å². The summed E-state index contributed by atoms with van der Waals surface area (Å²) in [6.45, 7) is 4.82. The Bertz CT molecular complexity index is 304. The second-order valence-corrected chi connectivity index (χ2v) is 3.30. The average Bonchev–Trinajstić information content (AvgIpc) is 2.32. The molecule has 6 heteroatoms. The molecule has 0 aliphatic heterocycles. The first-order valence-corrected chi connectivity index (χ1v) is 4.92. The Morgan fingerprint density at radius 3 is 1.94 bits per heavy atom. The van der Waals surface area contributed by atoms with Crippen molar-refractivity contribution in [2.45, 2.75) is 13.3 Å². The van der Waals surface area contributed by atoms with Crippen LogP contribution in [-0.4, -0.2) is 38.7 Å². The van der Waals surface area contributed by atoms with Crippen molar-refractivity contribution in [3.05, 3.63) is 12.2 Å². The Kier molecular flexibility index (Phi) is 6.62. The monoisotopic (exact) mass is 244 g/mol. The lowest BCUT2D eigenvalue weighted by Crippen LogP contribution is -2.28. The van der Waals surface area contributed by atoms with Crippen LogP contribution in [0.2, 0.25) is 0 Å². The third-order valence-electron chi connectivity index (χ3n) is 1.96. The smallest absolute Gasteiger partial charge is 0.333 e. The van der Waals surface area contributed by atoms with Gasteiger partial charge in [0.25, 0.3) is 0 Å².